The topological polar surface area (TPSA) is 42.2 Å². The number of nitriles is 1. The SMILES string of the molecule is CCC1OCC(CC#N)O1. The number of rotatable bonds is 2. The Labute approximate surface area is 60.5 Å². The van der Waals surface area contributed by atoms with Crippen LogP contribution in [0.3, 0.4) is 0 Å². The van der Waals surface area contributed by atoms with Crippen molar-refractivity contribution in [3.05, 3.63) is 0 Å². The van der Waals surface area contributed by atoms with Crippen LogP contribution in [-0.4, -0.2) is 19.0 Å². The Balaban J connectivity index is 2.23. The summed E-state index contributed by atoms with van der Waals surface area (Å²) in [5.41, 5.74) is 0. The highest BCUT2D eigenvalue weighted by atomic mass is 16.7. The van der Waals surface area contributed by atoms with Gasteiger partial charge in [0.05, 0.1) is 25.2 Å². The summed E-state index contributed by atoms with van der Waals surface area (Å²) < 4.78 is 10.5. The van der Waals surface area contributed by atoms with E-state index in [1.54, 1.807) is 0 Å². The Bertz CT molecular complexity index is 141. The molecule has 1 rings (SSSR count). The standard InChI is InChI=1S/C7H11NO2/c1-2-7-9-5-6(10-7)3-4-8/h6-7H,2-3,5H2,1H3. The summed E-state index contributed by atoms with van der Waals surface area (Å²) >= 11 is 0. The lowest BCUT2D eigenvalue weighted by Gasteiger charge is -2.05. The zero-order valence-corrected chi connectivity index (χ0v) is 6.04. The van der Waals surface area contributed by atoms with Crippen LogP contribution in [0.15, 0.2) is 0 Å². The molecule has 1 aliphatic rings. The third-order valence-electron chi connectivity index (χ3n) is 1.46. The normalized spacial score (nSPS) is 32.0. The van der Waals surface area contributed by atoms with E-state index in [1.165, 1.54) is 0 Å². The summed E-state index contributed by atoms with van der Waals surface area (Å²) in [5, 5.41) is 8.30. The first kappa shape index (κ1) is 7.52. The van der Waals surface area contributed by atoms with Gasteiger partial charge in [0.25, 0.3) is 0 Å². The minimum Gasteiger partial charge on any atom is -0.350 e. The second-order valence-electron chi connectivity index (χ2n) is 2.29. The Hall–Kier alpha value is -0.590. The van der Waals surface area contributed by atoms with E-state index in [0.717, 1.165) is 6.42 Å². The Morgan fingerprint density at radius 1 is 1.70 bits per heavy atom. The van der Waals surface area contributed by atoms with Crippen molar-refractivity contribution in [1.82, 2.24) is 0 Å². The molecular formula is C7H11NO2. The van der Waals surface area contributed by atoms with Gasteiger partial charge in [0.15, 0.2) is 6.29 Å². The molecule has 0 aromatic heterocycles. The molecule has 0 radical (unpaired) electrons. The molecule has 0 spiro atoms. The highest BCUT2D eigenvalue weighted by molar-refractivity contribution is 4.78. The van der Waals surface area contributed by atoms with E-state index in [4.69, 9.17) is 14.7 Å². The molecule has 3 heteroatoms. The van der Waals surface area contributed by atoms with Crippen LogP contribution >= 0.6 is 0 Å². The molecule has 2 atom stereocenters. The lowest BCUT2D eigenvalue weighted by atomic mass is 10.3. The van der Waals surface area contributed by atoms with E-state index >= 15 is 0 Å². The van der Waals surface area contributed by atoms with Gasteiger partial charge in [-0.25, -0.2) is 0 Å². The van der Waals surface area contributed by atoms with Gasteiger partial charge in [-0.05, 0) is 6.42 Å². The van der Waals surface area contributed by atoms with Crippen LogP contribution in [0.1, 0.15) is 19.8 Å². The molecule has 1 aliphatic heterocycles. The Morgan fingerprint density at radius 2 is 2.50 bits per heavy atom. The molecule has 56 valence electrons. The molecule has 1 saturated heterocycles. The maximum Gasteiger partial charge on any atom is 0.157 e. The van der Waals surface area contributed by atoms with E-state index in [0.29, 0.717) is 13.0 Å². The minimum atomic E-state index is -0.0710. The van der Waals surface area contributed by atoms with Crippen LogP contribution < -0.4 is 0 Å². The fourth-order valence-corrected chi connectivity index (χ4v) is 0.931. The quantitative estimate of drug-likeness (QED) is 0.577. The summed E-state index contributed by atoms with van der Waals surface area (Å²) in [5.74, 6) is 0. The molecule has 3 nitrogen and oxygen atoms in total. The predicted octanol–water partition coefficient (Wildman–Crippen LogP) is 1.05. The third-order valence-corrected chi connectivity index (χ3v) is 1.46. The molecular weight excluding hydrogens is 130 g/mol. The van der Waals surface area contributed by atoms with Gasteiger partial charge in [0.2, 0.25) is 0 Å². The van der Waals surface area contributed by atoms with Crippen molar-refractivity contribution in [1.29, 1.82) is 5.26 Å². The molecule has 0 aromatic carbocycles. The molecule has 0 bridgehead atoms. The molecule has 0 aliphatic carbocycles. The number of hydrogen-bond acceptors (Lipinski definition) is 3. The van der Waals surface area contributed by atoms with Gasteiger partial charge >= 0.3 is 0 Å². The molecule has 0 amide bonds. The summed E-state index contributed by atoms with van der Waals surface area (Å²) in [4.78, 5) is 0. The molecule has 1 heterocycles. The van der Waals surface area contributed by atoms with E-state index in [1.807, 2.05) is 13.0 Å². The molecule has 2 unspecified atom stereocenters. The smallest absolute Gasteiger partial charge is 0.157 e. The maximum atomic E-state index is 8.30. The highest BCUT2D eigenvalue weighted by Crippen LogP contribution is 2.15. The molecule has 1 fully saturated rings. The molecule has 0 aromatic rings. The van der Waals surface area contributed by atoms with Gasteiger partial charge in [-0.3, -0.25) is 0 Å². The Morgan fingerprint density at radius 3 is 3.00 bits per heavy atom. The lowest BCUT2D eigenvalue weighted by molar-refractivity contribution is -0.0577. The predicted molar refractivity (Wildman–Crippen MR) is 35.1 cm³/mol. The van der Waals surface area contributed by atoms with Crippen LogP contribution in [0.4, 0.5) is 0 Å². The average molecular weight is 141 g/mol. The fourth-order valence-electron chi connectivity index (χ4n) is 0.931. The fraction of sp³-hybridized carbons (Fsp3) is 0.857. The van der Waals surface area contributed by atoms with Gasteiger partial charge in [-0.1, -0.05) is 6.92 Å². The monoisotopic (exact) mass is 141 g/mol. The van der Waals surface area contributed by atoms with E-state index in [2.05, 4.69) is 0 Å². The van der Waals surface area contributed by atoms with Crippen molar-refractivity contribution in [3.63, 3.8) is 0 Å². The highest BCUT2D eigenvalue weighted by Gasteiger charge is 2.23. The summed E-state index contributed by atoms with van der Waals surface area (Å²) in [7, 11) is 0. The van der Waals surface area contributed by atoms with Crippen molar-refractivity contribution in [2.24, 2.45) is 0 Å². The van der Waals surface area contributed by atoms with Gasteiger partial charge in [0.1, 0.15) is 0 Å². The maximum absolute atomic E-state index is 8.30. The second kappa shape index (κ2) is 3.55. The minimum absolute atomic E-state index is 0.00921. The summed E-state index contributed by atoms with van der Waals surface area (Å²) in [6.45, 7) is 2.57. The van der Waals surface area contributed by atoms with Crippen molar-refractivity contribution in [3.8, 4) is 6.07 Å². The van der Waals surface area contributed by atoms with Crippen LogP contribution in [0.2, 0.25) is 0 Å². The van der Waals surface area contributed by atoms with Crippen molar-refractivity contribution >= 4 is 0 Å². The summed E-state index contributed by atoms with van der Waals surface area (Å²) in [6, 6.07) is 2.05. The second-order valence-corrected chi connectivity index (χ2v) is 2.29. The van der Waals surface area contributed by atoms with Crippen molar-refractivity contribution in [2.45, 2.75) is 32.2 Å². The number of hydrogen-bond donors (Lipinski definition) is 0. The number of nitrogens with zero attached hydrogens (tertiary/aromatic N) is 1. The molecule has 0 N–H and O–H groups in total. The summed E-state index contributed by atoms with van der Waals surface area (Å²) in [6.07, 6.45) is 1.24. The van der Waals surface area contributed by atoms with Gasteiger partial charge in [0, 0.05) is 0 Å². The Kier molecular flexibility index (Phi) is 2.67. The van der Waals surface area contributed by atoms with Crippen LogP contribution in [0.5, 0.6) is 0 Å². The first-order valence-corrected chi connectivity index (χ1v) is 3.50. The van der Waals surface area contributed by atoms with E-state index in [9.17, 15) is 0 Å². The first-order chi connectivity index (χ1) is 4.86. The number of ether oxygens (including phenoxy) is 2. The zero-order valence-electron chi connectivity index (χ0n) is 6.04. The van der Waals surface area contributed by atoms with Gasteiger partial charge < -0.3 is 9.47 Å². The molecule has 10 heavy (non-hydrogen) atoms. The zero-order chi connectivity index (χ0) is 7.40. The first-order valence-electron chi connectivity index (χ1n) is 3.50. The largest absolute Gasteiger partial charge is 0.350 e. The molecule has 0 saturated carbocycles. The van der Waals surface area contributed by atoms with E-state index in [-0.39, 0.29) is 12.4 Å². The van der Waals surface area contributed by atoms with E-state index < -0.39 is 0 Å². The van der Waals surface area contributed by atoms with Crippen LogP contribution in [0, 0.1) is 11.3 Å². The van der Waals surface area contributed by atoms with Gasteiger partial charge in [-0.2, -0.15) is 5.26 Å². The average Bonchev–Trinajstić information content (AvgIpc) is 2.37. The van der Waals surface area contributed by atoms with Gasteiger partial charge in [-0.15, -0.1) is 0 Å². The van der Waals surface area contributed by atoms with Crippen molar-refractivity contribution in [2.75, 3.05) is 6.61 Å². The van der Waals surface area contributed by atoms with Crippen LogP contribution in [-0.2, 0) is 9.47 Å². The van der Waals surface area contributed by atoms with Crippen molar-refractivity contribution < 1.29 is 9.47 Å². The van der Waals surface area contributed by atoms with Crippen LogP contribution in [0.25, 0.3) is 0 Å². The third kappa shape index (κ3) is 1.69. The lowest BCUT2D eigenvalue weighted by Crippen LogP contribution is -2.10.